The summed E-state index contributed by atoms with van der Waals surface area (Å²) < 4.78 is 2.96. The van der Waals surface area contributed by atoms with Gasteiger partial charge in [-0.05, 0) is 24.3 Å². The second-order valence-electron chi connectivity index (χ2n) is 5.07. The Kier molecular flexibility index (Phi) is 3.59. The van der Waals surface area contributed by atoms with E-state index in [0.29, 0.717) is 39.3 Å². The fraction of sp³-hybridized carbons (Fsp3) is 0.0667. The maximum Gasteiger partial charge on any atom is 0.317 e. The van der Waals surface area contributed by atoms with Crippen LogP contribution < -0.4 is 0 Å². The van der Waals surface area contributed by atoms with Crippen LogP contribution in [-0.4, -0.2) is 34.5 Å². The molecule has 0 bridgehead atoms. The maximum absolute atomic E-state index is 10.2. The lowest BCUT2D eigenvalue weighted by molar-refractivity contribution is 0.413. The predicted octanol–water partition coefficient (Wildman–Crippen LogP) is 3.05. The van der Waals surface area contributed by atoms with Crippen molar-refractivity contribution in [3.8, 4) is 17.3 Å². The van der Waals surface area contributed by atoms with Gasteiger partial charge in [0, 0.05) is 29.0 Å². The van der Waals surface area contributed by atoms with Crippen molar-refractivity contribution in [2.24, 2.45) is 0 Å². The predicted molar refractivity (Wildman–Crippen MR) is 89.2 cm³/mol. The van der Waals surface area contributed by atoms with E-state index in [9.17, 15) is 5.11 Å². The van der Waals surface area contributed by atoms with Crippen LogP contribution in [0.15, 0.2) is 42.7 Å². The van der Waals surface area contributed by atoms with Crippen LogP contribution in [0.1, 0.15) is 5.82 Å². The van der Waals surface area contributed by atoms with Crippen LogP contribution in [0.4, 0.5) is 0 Å². The normalized spacial score (nSPS) is 11.2. The molecule has 0 saturated heterocycles. The number of nitrogens with zero attached hydrogens (tertiary/aromatic N) is 6. The van der Waals surface area contributed by atoms with E-state index in [0.717, 1.165) is 0 Å². The van der Waals surface area contributed by atoms with E-state index in [-0.39, 0.29) is 6.01 Å². The van der Waals surface area contributed by atoms with Crippen LogP contribution in [0.25, 0.3) is 16.9 Å². The number of rotatable bonds is 3. The van der Waals surface area contributed by atoms with Gasteiger partial charge in [0.1, 0.15) is 6.54 Å². The number of hydrogen-bond donors (Lipinski definition) is 1. The third-order valence-corrected chi connectivity index (χ3v) is 3.97. The number of benzene rings is 1. The summed E-state index contributed by atoms with van der Waals surface area (Å²) in [6.07, 6.45) is 3.48. The molecule has 0 saturated carbocycles. The van der Waals surface area contributed by atoms with Crippen molar-refractivity contribution >= 4 is 28.8 Å². The standard InChI is InChI=1S/C15H10Cl2N6O/c16-9-2-3-10(11(17)6-9)12-7-14-20-13(8-22-5-1-4-18-22)21-23(14)15(24)19-12/h1-7H,8H2,(H,19,24). The van der Waals surface area contributed by atoms with Crippen LogP contribution >= 0.6 is 23.2 Å². The highest BCUT2D eigenvalue weighted by atomic mass is 35.5. The highest BCUT2D eigenvalue weighted by Gasteiger charge is 2.14. The van der Waals surface area contributed by atoms with Crippen LogP contribution in [0.2, 0.25) is 10.0 Å². The number of halogens is 2. The van der Waals surface area contributed by atoms with Crippen LogP contribution in [0.3, 0.4) is 0 Å². The van der Waals surface area contributed by atoms with Gasteiger partial charge in [0.2, 0.25) is 0 Å². The lowest BCUT2D eigenvalue weighted by Crippen LogP contribution is -2.02. The molecule has 0 aliphatic carbocycles. The van der Waals surface area contributed by atoms with E-state index < -0.39 is 0 Å². The Bertz CT molecular complexity index is 1030. The van der Waals surface area contributed by atoms with Gasteiger partial charge < -0.3 is 5.11 Å². The van der Waals surface area contributed by atoms with Gasteiger partial charge in [0.05, 0.1) is 10.7 Å². The second kappa shape index (κ2) is 5.77. The molecule has 0 unspecified atom stereocenters. The molecule has 0 spiro atoms. The Balaban J connectivity index is 1.79. The lowest BCUT2D eigenvalue weighted by Gasteiger charge is -2.05. The van der Waals surface area contributed by atoms with Crippen molar-refractivity contribution in [3.05, 3.63) is 58.6 Å². The fourth-order valence-corrected chi connectivity index (χ4v) is 2.87. The van der Waals surface area contributed by atoms with Gasteiger partial charge in [-0.1, -0.05) is 23.2 Å². The SMILES string of the molecule is Oc1nc(-c2ccc(Cl)cc2Cl)cc2nc(Cn3cccn3)nn12. The molecule has 4 rings (SSSR count). The third-order valence-electron chi connectivity index (χ3n) is 3.42. The summed E-state index contributed by atoms with van der Waals surface area (Å²) >= 11 is 12.1. The van der Waals surface area contributed by atoms with Crippen molar-refractivity contribution in [1.82, 2.24) is 29.4 Å². The second-order valence-corrected chi connectivity index (χ2v) is 5.91. The smallest absolute Gasteiger partial charge is 0.317 e. The monoisotopic (exact) mass is 360 g/mol. The lowest BCUT2D eigenvalue weighted by atomic mass is 10.1. The molecule has 7 nitrogen and oxygen atoms in total. The molecule has 3 heterocycles. The van der Waals surface area contributed by atoms with E-state index in [4.69, 9.17) is 23.2 Å². The Labute approximate surface area is 146 Å². The van der Waals surface area contributed by atoms with Gasteiger partial charge in [0.25, 0.3) is 0 Å². The summed E-state index contributed by atoms with van der Waals surface area (Å²) in [6, 6.07) is 8.31. The van der Waals surface area contributed by atoms with Crippen LogP contribution in [-0.2, 0) is 6.54 Å². The molecule has 0 radical (unpaired) electrons. The molecule has 0 atom stereocenters. The molecule has 0 aliphatic heterocycles. The van der Waals surface area contributed by atoms with Crippen molar-refractivity contribution in [3.63, 3.8) is 0 Å². The fourth-order valence-electron chi connectivity index (χ4n) is 2.36. The highest BCUT2D eigenvalue weighted by molar-refractivity contribution is 6.36. The Morgan fingerprint density at radius 3 is 2.75 bits per heavy atom. The molecule has 9 heteroatoms. The van der Waals surface area contributed by atoms with Gasteiger partial charge >= 0.3 is 6.01 Å². The van der Waals surface area contributed by atoms with E-state index >= 15 is 0 Å². The number of aromatic hydroxyl groups is 1. The zero-order chi connectivity index (χ0) is 16.7. The molecule has 24 heavy (non-hydrogen) atoms. The summed E-state index contributed by atoms with van der Waals surface area (Å²) in [5.41, 5.74) is 1.60. The first kappa shape index (κ1) is 14.9. The molecule has 0 fully saturated rings. The van der Waals surface area contributed by atoms with Gasteiger partial charge in [0.15, 0.2) is 11.5 Å². The summed E-state index contributed by atoms with van der Waals surface area (Å²) in [4.78, 5) is 8.54. The number of hydrogen-bond acceptors (Lipinski definition) is 5. The molecular weight excluding hydrogens is 351 g/mol. The largest absolute Gasteiger partial charge is 0.479 e. The van der Waals surface area contributed by atoms with Crippen molar-refractivity contribution in [2.75, 3.05) is 0 Å². The zero-order valence-corrected chi connectivity index (χ0v) is 13.6. The minimum atomic E-state index is -0.271. The molecule has 0 aliphatic rings. The summed E-state index contributed by atoms with van der Waals surface area (Å²) in [6.45, 7) is 0.394. The zero-order valence-electron chi connectivity index (χ0n) is 12.1. The Morgan fingerprint density at radius 1 is 1.12 bits per heavy atom. The molecule has 1 aromatic carbocycles. The summed E-state index contributed by atoms with van der Waals surface area (Å²) in [5, 5.41) is 19.5. The van der Waals surface area contributed by atoms with Gasteiger partial charge in [-0.3, -0.25) is 4.68 Å². The van der Waals surface area contributed by atoms with E-state index in [1.54, 1.807) is 35.1 Å². The molecule has 3 aromatic heterocycles. The topological polar surface area (TPSA) is 81.1 Å². The van der Waals surface area contributed by atoms with Crippen molar-refractivity contribution in [1.29, 1.82) is 0 Å². The van der Waals surface area contributed by atoms with E-state index in [1.165, 1.54) is 4.52 Å². The summed E-state index contributed by atoms with van der Waals surface area (Å²) in [7, 11) is 0. The quantitative estimate of drug-likeness (QED) is 0.607. The first-order chi connectivity index (χ1) is 11.6. The summed E-state index contributed by atoms with van der Waals surface area (Å²) in [5.74, 6) is 0.509. The van der Waals surface area contributed by atoms with E-state index in [2.05, 4.69) is 20.2 Å². The molecule has 0 amide bonds. The van der Waals surface area contributed by atoms with Gasteiger partial charge in [-0.2, -0.15) is 14.6 Å². The number of fused-ring (bicyclic) bond motifs is 1. The Hall–Kier alpha value is -2.64. The van der Waals surface area contributed by atoms with Crippen LogP contribution in [0, 0.1) is 0 Å². The minimum absolute atomic E-state index is 0.271. The average molecular weight is 361 g/mol. The van der Waals surface area contributed by atoms with Crippen molar-refractivity contribution in [2.45, 2.75) is 6.54 Å². The molecule has 4 aromatic rings. The van der Waals surface area contributed by atoms with Gasteiger partial charge in [-0.25, -0.2) is 4.98 Å². The average Bonchev–Trinajstić information content (AvgIpc) is 3.17. The minimum Gasteiger partial charge on any atom is -0.479 e. The maximum atomic E-state index is 10.2. The first-order valence-corrected chi connectivity index (χ1v) is 7.74. The highest BCUT2D eigenvalue weighted by Crippen LogP contribution is 2.30. The number of aromatic nitrogens is 6. The molecule has 1 N–H and O–H groups in total. The van der Waals surface area contributed by atoms with Crippen LogP contribution in [0.5, 0.6) is 6.01 Å². The van der Waals surface area contributed by atoms with Crippen molar-refractivity contribution < 1.29 is 5.11 Å². The first-order valence-electron chi connectivity index (χ1n) is 6.99. The molecular formula is C15H10Cl2N6O. The van der Waals surface area contributed by atoms with E-state index in [1.807, 2.05) is 12.3 Å². The Morgan fingerprint density at radius 2 is 2.00 bits per heavy atom. The van der Waals surface area contributed by atoms with Gasteiger partial charge in [-0.15, -0.1) is 5.10 Å². The third kappa shape index (κ3) is 2.68. The molecule has 120 valence electrons.